The minimum Gasteiger partial charge on any atom is -0.478 e. The van der Waals surface area contributed by atoms with Crippen LogP contribution in [-0.4, -0.2) is 22.0 Å². The number of hydrogen-bond acceptors (Lipinski definition) is 5. The number of rotatable bonds is 5. The van der Waals surface area contributed by atoms with E-state index in [0.29, 0.717) is 5.56 Å². The Morgan fingerprint density at radius 2 is 1.87 bits per heavy atom. The number of ether oxygens (including phenoxy) is 1. The number of carboxylic acid groups (broad SMARTS) is 1. The van der Waals surface area contributed by atoms with Crippen LogP contribution in [0.5, 0.6) is 5.75 Å². The van der Waals surface area contributed by atoms with E-state index < -0.39 is 16.9 Å². The minimum atomic E-state index is -1.13. The van der Waals surface area contributed by atoms with Crippen LogP contribution in [0, 0.1) is 10.1 Å². The molecule has 2 aromatic rings. The summed E-state index contributed by atoms with van der Waals surface area (Å²) in [6.07, 6.45) is 2.48. The number of carbonyl (C=O) groups excluding carboxylic acids is 1. The smallest absolute Gasteiger partial charge is 0.336 e. The molecule has 0 aliphatic carbocycles. The quantitative estimate of drug-likeness (QED) is 0.299. The Morgan fingerprint density at radius 3 is 2.57 bits per heavy atom. The molecule has 0 amide bonds. The first kappa shape index (κ1) is 15.9. The van der Waals surface area contributed by atoms with E-state index >= 15 is 0 Å². The van der Waals surface area contributed by atoms with E-state index in [9.17, 15) is 19.7 Å². The zero-order valence-corrected chi connectivity index (χ0v) is 11.7. The van der Waals surface area contributed by atoms with Crippen molar-refractivity contribution < 1.29 is 24.4 Å². The van der Waals surface area contributed by atoms with Crippen LogP contribution in [0.15, 0.2) is 54.6 Å². The van der Waals surface area contributed by atoms with Gasteiger partial charge in [0.25, 0.3) is 5.69 Å². The number of aromatic carboxylic acids is 1. The third-order valence-corrected chi connectivity index (χ3v) is 2.79. The number of benzene rings is 2. The lowest BCUT2D eigenvalue weighted by atomic mass is 10.2. The average molecular weight is 313 g/mol. The molecule has 0 unspecified atom stereocenters. The van der Waals surface area contributed by atoms with Crippen LogP contribution in [0.4, 0.5) is 5.69 Å². The van der Waals surface area contributed by atoms with Gasteiger partial charge in [-0.3, -0.25) is 10.1 Å². The maximum atomic E-state index is 11.7. The monoisotopic (exact) mass is 313 g/mol. The van der Waals surface area contributed by atoms with Crippen LogP contribution in [0.2, 0.25) is 0 Å². The minimum absolute atomic E-state index is 0.00189. The normalized spacial score (nSPS) is 10.4. The first-order valence-electron chi connectivity index (χ1n) is 6.43. The standard InChI is InChI=1S/C16H11NO6/c18-15(23-14-6-2-4-12(10-14)16(19)20)8-7-11-3-1-5-13(9-11)17(21)22/h1-10H,(H,19,20)/b8-7+. The van der Waals surface area contributed by atoms with Gasteiger partial charge in [-0.1, -0.05) is 18.2 Å². The number of nitrogens with zero attached hydrogens (tertiary/aromatic N) is 1. The summed E-state index contributed by atoms with van der Waals surface area (Å²) in [5.41, 5.74) is 0.378. The Balaban J connectivity index is 2.07. The fourth-order valence-electron chi connectivity index (χ4n) is 1.75. The lowest BCUT2D eigenvalue weighted by Gasteiger charge is -2.02. The van der Waals surface area contributed by atoms with Crippen LogP contribution in [0.1, 0.15) is 15.9 Å². The highest BCUT2D eigenvalue weighted by Crippen LogP contribution is 2.16. The number of esters is 1. The van der Waals surface area contributed by atoms with Gasteiger partial charge in [-0.15, -0.1) is 0 Å². The summed E-state index contributed by atoms with van der Waals surface area (Å²) in [4.78, 5) is 32.6. The predicted molar refractivity (Wildman–Crippen MR) is 81.2 cm³/mol. The summed E-state index contributed by atoms with van der Waals surface area (Å²) >= 11 is 0. The Labute approximate surface area is 130 Å². The molecule has 0 fully saturated rings. The number of carboxylic acids is 1. The van der Waals surface area contributed by atoms with E-state index in [1.54, 1.807) is 6.07 Å². The molecule has 0 radical (unpaired) electrons. The molecule has 116 valence electrons. The Hall–Kier alpha value is -3.48. The van der Waals surface area contributed by atoms with E-state index in [2.05, 4.69) is 0 Å². The Kier molecular flexibility index (Phi) is 4.83. The summed E-state index contributed by atoms with van der Waals surface area (Å²) < 4.78 is 4.98. The molecule has 0 aromatic heterocycles. The van der Waals surface area contributed by atoms with Crippen molar-refractivity contribution in [2.24, 2.45) is 0 Å². The highest BCUT2D eigenvalue weighted by atomic mass is 16.6. The number of nitro benzene ring substituents is 1. The van der Waals surface area contributed by atoms with Crippen LogP contribution in [-0.2, 0) is 4.79 Å². The number of nitro groups is 1. The molecule has 0 aliphatic heterocycles. The third kappa shape index (κ3) is 4.50. The van der Waals surface area contributed by atoms with Crippen molar-refractivity contribution >= 4 is 23.7 Å². The van der Waals surface area contributed by atoms with E-state index in [4.69, 9.17) is 9.84 Å². The van der Waals surface area contributed by atoms with Gasteiger partial charge < -0.3 is 9.84 Å². The maximum absolute atomic E-state index is 11.7. The zero-order chi connectivity index (χ0) is 16.8. The summed E-state index contributed by atoms with van der Waals surface area (Å²) in [7, 11) is 0. The van der Waals surface area contributed by atoms with Crippen LogP contribution in [0.3, 0.4) is 0 Å². The average Bonchev–Trinajstić information content (AvgIpc) is 2.53. The van der Waals surface area contributed by atoms with E-state index in [-0.39, 0.29) is 17.0 Å². The molecule has 7 heteroatoms. The van der Waals surface area contributed by atoms with E-state index in [1.165, 1.54) is 48.5 Å². The van der Waals surface area contributed by atoms with E-state index in [0.717, 1.165) is 6.08 Å². The maximum Gasteiger partial charge on any atom is 0.336 e. The molecule has 23 heavy (non-hydrogen) atoms. The molecule has 0 bridgehead atoms. The second kappa shape index (κ2) is 6.99. The van der Waals surface area contributed by atoms with Crippen molar-refractivity contribution in [1.82, 2.24) is 0 Å². The van der Waals surface area contributed by atoms with Crippen molar-refractivity contribution in [2.75, 3.05) is 0 Å². The summed E-state index contributed by atoms with van der Waals surface area (Å²) in [6.45, 7) is 0. The molecular formula is C16H11NO6. The third-order valence-electron chi connectivity index (χ3n) is 2.79. The second-order valence-electron chi connectivity index (χ2n) is 4.44. The van der Waals surface area contributed by atoms with Gasteiger partial charge in [0.1, 0.15) is 5.75 Å². The molecule has 2 aromatic carbocycles. The first-order chi connectivity index (χ1) is 11.0. The first-order valence-corrected chi connectivity index (χ1v) is 6.43. The van der Waals surface area contributed by atoms with Gasteiger partial charge in [-0.25, -0.2) is 9.59 Å². The zero-order valence-electron chi connectivity index (χ0n) is 11.7. The molecule has 0 saturated heterocycles. The van der Waals surface area contributed by atoms with Gasteiger partial charge in [0.2, 0.25) is 0 Å². The second-order valence-corrected chi connectivity index (χ2v) is 4.44. The van der Waals surface area contributed by atoms with Gasteiger partial charge in [0.05, 0.1) is 10.5 Å². The number of carbonyl (C=O) groups is 2. The van der Waals surface area contributed by atoms with Crippen molar-refractivity contribution in [3.05, 3.63) is 75.8 Å². The summed E-state index contributed by atoms with van der Waals surface area (Å²) in [5.74, 6) is -1.76. The molecule has 0 saturated carbocycles. The lowest BCUT2D eigenvalue weighted by Crippen LogP contribution is -2.05. The lowest BCUT2D eigenvalue weighted by molar-refractivity contribution is -0.384. The molecule has 7 nitrogen and oxygen atoms in total. The Bertz CT molecular complexity index is 797. The van der Waals surface area contributed by atoms with Crippen molar-refractivity contribution in [3.63, 3.8) is 0 Å². The molecular weight excluding hydrogens is 302 g/mol. The van der Waals surface area contributed by atoms with Crippen LogP contribution >= 0.6 is 0 Å². The predicted octanol–water partition coefficient (Wildman–Crippen LogP) is 2.91. The fourth-order valence-corrected chi connectivity index (χ4v) is 1.75. The summed E-state index contributed by atoms with van der Waals surface area (Å²) in [5, 5.41) is 19.5. The SMILES string of the molecule is O=C(/C=C/c1cccc([N+](=O)[O-])c1)Oc1cccc(C(=O)O)c1. The van der Waals surface area contributed by atoms with Gasteiger partial charge in [-0.2, -0.15) is 0 Å². The fraction of sp³-hybridized carbons (Fsp3) is 0. The highest BCUT2D eigenvalue weighted by Gasteiger charge is 2.07. The van der Waals surface area contributed by atoms with Crippen LogP contribution < -0.4 is 4.74 Å². The van der Waals surface area contributed by atoms with Gasteiger partial charge in [0.15, 0.2) is 0 Å². The molecule has 1 N–H and O–H groups in total. The van der Waals surface area contributed by atoms with Gasteiger partial charge >= 0.3 is 11.9 Å². The van der Waals surface area contributed by atoms with Crippen molar-refractivity contribution in [1.29, 1.82) is 0 Å². The molecule has 0 aliphatic rings. The molecule has 2 rings (SSSR count). The van der Waals surface area contributed by atoms with Crippen LogP contribution in [0.25, 0.3) is 6.08 Å². The number of non-ortho nitro benzene ring substituents is 1. The molecule has 0 atom stereocenters. The van der Waals surface area contributed by atoms with Crippen molar-refractivity contribution in [3.8, 4) is 5.75 Å². The molecule has 0 heterocycles. The Morgan fingerprint density at radius 1 is 1.13 bits per heavy atom. The number of hydrogen-bond donors (Lipinski definition) is 1. The van der Waals surface area contributed by atoms with Crippen molar-refractivity contribution in [2.45, 2.75) is 0 Å². The largest absolute Gasteiger partial charge is 0.478 e. The van der Waals surface area contributed by atoms with E-state index in [1.807, 2.05) is 0 Å². The molecule has 0 spiro atoms. The topological polar surface area (TPSA) is 107 Å². The highest BCUT2D eigenvalue weighted by molar-refractivity contribution is 5.90. The van der Waals surface area contributed by atoms with Gasteiger partial charge in [-0.05, 0) is 29.8 Å². The summed E-state index contributed by atoms with van der Waals surface area (Å²) in [6, 6.07) is 11.3. The van der Waals surface area contributed by atoms with Gasteiger partial charge in [0, 0.05) is 18.2 Å².